The minimum Gasteiger partial charge on any atom is -0.338 e. The van der Waals surface area contributed by atoms with Crippen LogP contribution < -0.4 is 0 Å². The molecule has 2 nitrogen and oxygen atoms in total. The molecule has 0 radical (unpaired) electrons. The van der Waals surface area contributed by atoms with Crippen molar-refractivity contribution in [3.05, 3.63) is 52.0 Å². The van der Waals surface area contributed by atoms with E-state index in [1.807, 2.05) is 25.1 Å². The Morgan fingerprint density at radius 3 is 2.74 bits per heavy atom. The van der Waals surface area contributed by atoms with E-state index < -0.39 is 11.6 Å². The predicted molar refractivity (Wildman–Crippen MR) is 73.9 cm³/mol. The van der Waals surface area contributed by atoms with Crippen molar-refractivity contribution in [2.45, 2.75) is 6.92 Å². The zero-order chi connectivity index (χ0) is 13.6. The fourth-order valence-corrected chi connectivity index (χ4v) is 2.38. The van der Waals surface area contributed by atoms with Crippen LogP contribution in [0.3, 0.4) is 0 Å². The average molecular weight is 323 g/mol. The molecule has 0 saturated heterocycles. The fourth-order valence-electron chi connectivity index (χ4n) is 2.02. The van der Waals surface area contributed by atoms with Crippen LogP contribution in [-0.4, -0.2) is 9.97 Å². The molecule has 0 saturated carbocycles. The Labute approximate surface area is 116 Å². The Morgan fingerprint density at radius 2 is 1.95 bits per heavy atom. The van der Waals surface area contributed by atoms with Crippen LogP contribution in [-0.2, 0) is 0 Å². The molecule has 3 rings (SSSR count). The molecule has 1 heterocycles. The molecular formula is C14H9BrF2N2. The van der Waals surface area contributed by atoms with Gasteiger partial charge >= 0.3 is 0 Å². The summed E-state index contributed by atoms with van der Waals surface area (Å²) in [5, 5.41) is 0. The zero-order valence-corrected chi connectivity index (χ0v) is 11.6. The van der Waals surface area contributed by atoms with Gasteiger partial charge in [0.2, 0.25) is 0 Å². The van der Waals surface area contributed by atoms with E-state index in [0.29, 0.717) is 11.3 Å². The van der Waals surface area contributed by atoms with Gasteiger partial charge in [-0.1, -0.05) is 22.0 Å². The first kappa shape index (κ1) is 12.3. The molecule has 0 fully saturated rings. The number of fused-ring (bicyclic) bond motifs is 1. The Morgan fingerprint density at radius 1 is 1.16 bits per heavy atom. The molecule has 0 amide bonds. The van der Waals surface area contributed by atoms with E-state index in [9.17, 15) is 8.78 Å². The molecule has 0 bridgehead atoms. The molecular weight excluding hydrogens is 314 g/mol. The summed E-state index contributed by atoms with van der Waals surface area (Å²) >= 11 is 3.39. The van der Waals surface area contributed by atoms with Gasteiger partial charge in [-0.3, -0.25) is 0 Å². The number of nitrogens with zero attached hydrogens (tertiary/aromatic N) is 1. The van der Waals surface area contributed by atoms with Gasteiger partial charge in [0, 0.05) is 16.1 Å². The molecule has 3 aromatic rings. The summed E-state index contributed by atoms with van der Waals surface area (Å²) in [6.07, 6.45) is 0. The minimum absolute atomic E-state index is 0.149. The molecule has 0 unspecified atom stereocenters. The van der Waals surface area contributed by atoms with Gasteiger partial charge in [0.25, 0.3) is 0 Å². The largest absolute Gasteiger partial charge is 0.338 e. The van der Waals surface area contributed by atoms with Crippen LogP contribution in [0, 0.1) is 18.6 Å². The van der Waals surface area contributed by atoms with Crippen molar-refractivity contribution in [3.63, 3.8) is 0 Å². The maximum absolute atomic E-state index is 13.6. The first-order valence-corrected chi connectivity index (χ1v) is 6.45. The molecule has 1 aromatic heterocycles. The number of hydrogen-bond acceptors (Lipinski definition) is 1. The zero-order valence-electron chi connectivity index (χ0n) is 9.97. The van der Waals surface area contributed by atoms with Crippen molar-refractivity contribution in [1.82, 2.24) is 9.97 Å². The normalized spacial score (nSPS) is 11.2. The fraction of sp³-hybridized carbons (Fsp3) is 0.0714. The van der Waals surface area contributed by atoms with Crippen LogP contribution in [0.5, 0.6) is 0 Å². The van der Waals surface area contributed by atoms with Crippen LogP contribution in [0.1, 0.15) is 5.56 Å². The highest BCUT2D eigenvalue weighted by molar-refractivity contribution is 9.10. The molecule has 2 aromatic carbocycles. The van der Waals surface area contributed by atoms with Gasteiger partial charge in [-0.2, -0.15) is 0 Å². The molecule has 96 valence electrons. The SMILES string of the molecule is Cc1ccc(Br)cc1-c1nc2c(F)cc(F)cc2[nH]1. The lowest BCUT2D eigenvalue weighted by atomic mass is 10.1. The van der Waals surface area contributed by atoms with Crippen LogP contribution in [0.15, 0.2) is 34.8 Å². The molecule has 0 atom stereocenters. The Kier molecular flexibility index (Phi) is 2.86. The monoisotopic (exact) mass is 322 g/mol. The molecule has 5 heteroatoms. The summed E-state index contributed by atoms with van der Waals surface area (Å²) in [4.78, 5) is 7.16. The van der Waals surface area contributed by atoms with Crippen LogP contribution in [0.2, 0.25) is 0 Å². The van der Waals surface area contributed by atoms with E-state index in [1.54, 1.807) is 0 Å². The number of aryl methyl sites for hydroxylation is 1. The number of nitrogens with one attached hydrogen (secondary N) is 1. The summed E-state index contributed by atoms with van der Waals surface area (Å²) in [5.74, 6) is -0.755. The summed E-state index contributed by atoms with van der Waals surface area (Å²) in [6.45, 7) is 1.94. The van der Waals surface area contributed by atoms with Crippen molar-refractivity contribution < 1.29 is 8.78 Å². The van der Waals surface area contributed by atoms with Crippen molar-refractivity contribution in [1.29, 1.82) is 0 Å². The maximum atomic E-state index is 13.6. The van der Waals surface area contributed by atoms with E-state index in [-0.39, 0.29) is 5.52 Å². The number of imidazole rings is 1. The first-order valence-electron chi connectivity index (χ1n) is 5.66. The van der Waals surface area contributed by atoms with Gasteiger partial charge in [-0.15, -0.1) is 0 Å². The van der Waals surface area contributed by atoms with Crippen molar-refractivity contribution in [3.8, 4) is 11.4 Å². The molecule has 0 aliphatic heterocycles. The first-order chi connectivity index (χ1) is 9.04. The Hall–Kier alpha value is -1.75. The van der Waals surface area contributed by atoms with Crippen molar-refractivity contribution in [2.75, 3.05) is 0 Å². The van der Waals surface area contributed by atoms with Gasteiger partial charge < -0.3 is 4.98 Å². The van der Waals surface area contributed by atoms with E-state index >= 15 is 0 Å². The highest BCUT2D eigenvalue weighted by atomic mass is 79.9. The van der Waals surface area contributed by atoms with Gasteiger partial charge in [0.05, 0.1) is 5.52 Å². The van der Waals surface area contributed by atoms with Gasteiger partial charge in [0.15, 0.2) is 5.82 Å². The van der Waals surface area contributed by atoms with Crippen LogP contribution in [0.4, 0.5) is 8.78 Å². The van der Waals surface area contributed by atoms with E-state index in [4.69, 9.17) is 0 Å². The third kappa shape index (κ3) is 2.14. The Bertz CT molecular complexity index is 780. The second-order valence-electron chi connectivity index (χ2n) is 4.33. The van der Waals surface area contributed by atoms with Gasteiger partial charge in [0.1, 0.15) is 17.2 Å². The number of aromatic nitrogens is 2. The number of aromatic amines is 1. The number of halogens is 3. The number of rotatable bonds is 1. The second kappa shape index (κ2) is 4.42. The molecule has 19 heavy (non-hydrogen) atoms. The van der Waals surface area contributed by atoms with Crippen molar-refractivity contribution >= 4 is 27.0 Å². The standard InChI is InChI=1S/C14H9BrF2N2/c1-7-2-3-8(15)4-10(7)14-18-12-6-9(16)5-11(17)13(12)19-14/h2-6H,1H3,(H,18,19). The van der Waals surface area contributed by atoms with E-state index in [1.165, 1.54) is 6.07 Å². The molecule has 0 aliphatic rings. The summed E-state index contributed by atoms with van der Waals surface area (Å²) in [5.41, 5.74) is 2.36. The lowest BCUT2D eigenvalue weighted by Gasteiger charge is -2.02. The van der Waals surface area contributed by atoms with Gasteiger partial charge in [-0.25, -0.2) is 13.8 Å². The average Bonchev–Trinajstić information content (AvgIpc) is 2.76. The topological polar surface area (TPSA) is 28.7 Å². The lowest BCUT2D eigenvalue weighted by molar-refractivity contribution is 0.591. The molecule has 0 spiro atoms. The highest BCUT2D eigenvalue weighted by Crippen LogP contribution is 2.27. The summed E-state index contributed by atoms with van der Waals surface area (Å²) in [6, 6.07) is 7.82. The summed E-state index contributed by atoms with van der Waals surface area (Å²) in [7, 11) is 0. The van der Waals surface area contributed by atoms with E-state index in [2.05, 4.69) is 25.9 Å². The predicted octanol–water partition coefficient (Wildman–Crippen LogP) is 4.58. The lowest BCUT2D eigenvalue weighted by Crippen LogP contribution is -1.85. The summed E-state index contributed by atoms with van der Waals surface area (Å²) < 4.78 is 27.7. The maximum Gasteiger partial charge on any atom is 0.153 e. The van der Waals surface area contributed by atoms with E-state index in [0.717, 1.165) is 21.7 Å². The smallest absolute Gasteiger partial charge is 0.153 e. The molecule has 1 N–H and O–H groups in total. The van der Waals surface area contributed by atoms with Crippen LogP contribution in [0.25, 0.3) is 22.4 Å². The second-order valence-corrected chi connectivity index (χ2v) is 5.24. The van der Waals surface area contributed by atoms with Crippen LogP contribution >= 0.6 is 15.9 Å². The third-order valence-corrected chi connectivity index (χ3v) is 3.45. The number of benzene rings is 2. The number of hydrogen-bond donors (Lipinski definition) is 1. The quantitative estimate of drug-likeness (QED) is 0.698. The Balaban J connectivity index is 2.26. The van der Waals surface area contributed by atoms with Crippen molar-refractivity contribution in [2.24, 2.45) is 0 Å². The highest BCUT2D eigenvalue weighted by Gasteiger charge is 2.12. The minimum atomic E-state index is -0.662. The van der Waals surface area contributed by atoms with Gasteiger partial charge in [-0.05, 0) is 30.7 Å². The molecule has 0 aliphatic carbocycles. The number of H-pyrrole nitrogens is 1. The third-order valence-electron chi connectivity index (χ3n) is 2.96.